The second-order valence-electron chi connectivity index (χ2n) is 4.35. The van der Waals surface area contributed by atoms with E-state index in [-0.39, 0.29) is 6.10 Å². The predicted octanol–water partition coefficient (Wildman–Crippen LogP) is 2.43. The van der Waals surface area contributed by atoms with Crippen molar-refractivity contribution in [3.8, 4) is 0 Å². The maximum absolute atomic E-state index is 11.0. The molecule has 116 valence electrons. The first-order chi connectivity index (χ1) is 8.99. The fourth-order valence-corrected chi connectivity index (χ4v) is 2.41. The smallest absolute Gasteiger partial charge is 0.264 e. The number of hydrogen-bond donors (Lipinski definition) is 1. The second kappa shape index (κ2) is 11.6. The summed E-state index contributed by atoms with van der Waals surface area (Å²) in [5, 5.41) is 14.9. The van der Waals surface area contributed by atoms with Crippen LogP contribution in [-0.2, 0) is 29.3 Å². The predicted molar refractivity (Wildman–Crippen MR) is 68.5 cm³/mol. The topological polar surface area (TPSA) is 91.3 Å². The van der Waals surface area contributed by atoms with Crippen LogP contribution in [0.1, 0.15) is 51.9 Å². The summed E-state index contributed by atoms with van der Waals surface area (Å²) in [5.41, 5.74) is 0. The molecule has 1 atom stereocenters. The molecule has 0 rings (SSSR count). The third-order valence-electron chi connectivity index (χ3n) is 2.60. The molecule has 0 fully saturated rings. The molecule has 0 aromatic carbocycles. The lowest BCUT2D eigenvalue weighted by atomic mass is 10.1. The lowest BCUT2D eigenvalue weighted by Gasteiger charge is -2.13. The third kappa shape index (κ3) is 14.0. The first-order valence-corrected chi connectivity index (χ1v) is 8.29. The van der Waals surface area contributed by atoms with Crippen molar-refractivity contribution in [2.24, 2.45) is 0 Å². The van der Waals surface area contributed by atoms with Crippen LogP contribution in [0.2, 0.25) is 0 Å². The van der Waals surface area contributed by atoms with Gasteiger partial charge in [0.25, 0.3) is 10.1 Å². The van der Waals surface area contributed by atoms with Gasteiger partial charge in [-0.05, 0) is 29.3 Å². The monoisotopic (exact) mass is 300 g/mol. The van der Waals surface area contributed by atoms with Gasteiger partial charge in [-0.15, -0.1) is 0 Å². The van der Waals surface area contributed by atoms with Gasteiger partial charge in [-0.2, -0.15) is 8.42 Å². The van der Waals surface area contributed by atoms with Gasteiger partial charge in [0, 0.05) is 0 Å². The molecular formula is C11H24O7S. The van der Waals surface area contributed by atoms with E-state index in [9.17, 15) is 8.42 Å². The van der Waals surface area contributed by atoms with Gasteiger partial charge in [-0.3, -0.25) is 4.18 Å². The highest BCUT2D eigenvalue weighted by atomic mass is 32.2. The molecule has 0 aliphatic carbocycles. The summed E-state index contributed by atoms with van der Waals surface area (Å²) < 4.78 is 26.9. The zero-order valence-corrected chi connectivity index (χ0v) is 12.4. The molecule has 19 heavy (non-hydrogen) atoms. The van der Waals surface area contributed by atoms with Crippen molar-refractivity contribution in [2.45, 2.75) is 58.0 Å². The van der Waals surface area contributed by atoms with Crippen molar-refractivity contribution < 1.29 is 32.8 Å². The van der Waals surface area contributed by atoms with E-state index in [1.165, 1.54) is 0 Å². The summed E-state index contributed by atoms with van der Waals surface area (Å²) in [4.78, 5) is 4.44. The van der Waals surface area contributed by atoms with E-state index in [1.54, 1.807) is 0 Å². The summed E-state index contributed by atoms with van der Waals surface area (Å²) in [6.07, 6.45) is 7.06. The van der Waals surface area contributed by atoms with Crippen molar-refractivity contribution in [3.05, 3.63) is 0 Å². The minimum atomic E-state index is -3.36. The van der Waals surface area contributed by atoms with Crippen molar-refractivity contribution in [1.82, 2.24) is 0 Å². The molecule has 0 heterocycles. The van der Waals surface area contributed by atoms with Crippen molar-refractivity contribution >= 4 is 10.1 Å². The van der Waals surface area contributed by atoms with Crippen LogP contribution in [0.5, 0.6) is 0 Å². The van der Waals surface area contributed by atoms with Gasteiger partial charge in [0.05, 0.1) is 19.0 Å². The van der Waals surface area contributed by atoms with Crippen molar-refractivity contribution in [3.63, 3.8) is 0 Å². The average molecular weight is 300 g/mol. The molecule has 0 aliphatic heterocycles. The minimum Gasteiger partial charge on any atom is -0.267 e. The molecule has 0 saturated heterocycles. The summed E-state index contributed by atoms with van der Waals surface area (Å²) in [5.74, 6) is 0. The summed E-state index contributed by atoms with van der Waals surface area (Å²) in [6.45, 7) is 2.27. The molecule has 0 radical (unpaired) electrons. The molecule has 8 heteroatoms. The molecule has 7 nitrogen and oxygen atoms in total. The Labute approximate surface area is 114 Å². The minimum absolute atomic E-state index is 0.214. The van der Waals surface area contributed by atoms with Gasteiger partial charge < -0.3 is 0 Å². The van der Waals surface area contributed by atoms with Crippen LogP contribution in [0, 0.1) is 0 Å². The SMILES string of the molecule is CCC(CCCCCCCOOOO)OS(C)(=O)=O. The molecule has 1 N–H and O–H groups in total. The number of unbranched alkanes of at least 4 members (excludes halogenated alkanes) is 4. The van der Waals surface area contributed by atoms with Crippen molar-refractivity contribution in [1.29, 1.82) is 0 Å². The zero-order valence-electron chi connectivity index (χ0n) is 11.5. The maximum Gasteiger partial charge on any atom is 0.264 e. The van der Waals surface area contributed by atoms with E-state index < -0.39 is 10.1 Å². The molecule has 1 unspecified atom stereocenters. The van der Waals surface area contributed by atoms with E-state index >= 15 is 0 Å². The second-order valence-corrected chi connectivity index (χ2v) is 5.95. The fourth-order valence-electron chi connectivity index (χ4n) is 1.69. The van der Waals surface area contributed by atoms with Crippen LogP contribution in [0.15, 0.2) is 0 Å². The van der Waals surface area contributed by atoms with Crippen molar-refractivity contribution in [2.75, 3.05) is 12.9 Å². The first-order valence-electron chi connectivity index (χ1n) is 6.47. The lowest BCUT2D eigenvalue weighted by Crippen LogP contribution is -2.16. The van der Waals surface area contributed by atoms with Crippen LogP contribution in [-0.4, -0.2) is 32.6 Å². The van der Waals surface area contributed by atoms with Crippen LogP contribution in [0.4, 0.5) is 0 Å². The Balaban J connectivity index is 3.41. The van der Waals surface area contributed by atoms with E-state index in [0.717, 1.165) is 44.8 Å². The Bertz CT molecular complexity index is 291. The Morgan fingerprint density at radius 2 is 1.74 bits per heavy atom. The summed E-state index contributed by atoms with van der Waals surface area (Å²) >= 11 is 0. The third-order valence-corrected chi connectivity index (χ3v) is 3.22. The van der Waals surface area contributed by atoms with Crippen LogP contribution >= 0.6 is 0 Å². The molecule has 0 bridgehead atoms. The van der Waals surface area contributed by atoms with Crippen LogP contribution in [0.25, 0.3) is 0 Å². The van der Waals surface area contributed by atoms with E-state index in [2.05, 4.69) is 15.0 Å². The molecule has 0 saturated carbocycles. The number of rotatable bonds is 13. The van der Waals surface area contributed by atoms with Gasteiger partial charge in [-0.1, -0.05) is 32.6 Å². The highest BCUT2D eigenvalue weighted by Gasteiger charge is 2.12. The maximum atomic E-state index is 11.0. The molecule has 0 aromatic rings. The van der Waals surface area contributed by atoms with Gasteiger partial charge in [-0.25, -0.2) is 10.1 Å². The van der Waals surface area contributed by atoms with E-state index in [1.807, 2.05) is 6.92 Å². The van der Waals surface area contributed by atoms with E-state index in [4.69, 9.17) is 9.44 Å². The normalized spacial score (nSPS) is 13.6. The Hall–Kier alpha value is -0.250. The lowest BCUT2D eigenvalue weighted by molar-refractivity contribution is -0.623. The van der Waals surface area contributed by atoms with Gasteiger partial charge in [0.2, 0.25) is 0 Å². The Morgan fingerprint density at radius 3 is 2.32 bits per heavy atom. The van der Waals surface area contributed by atoms with E-state index in [0.29, 0.717) is 13.0 Å². The zero-order chi connectivity index (χ0) is 14.6. The molecule has 0 spiro atoms. The van der Waals surface area contributed by atoms with Gasteiger partial charge in [0.15, 0.2) is 0 Å². The quantitative estimate of drug-likeness (QED) is 0.242. The van der Waals surface area contributed by atoms with Crippen LogP contribution < -0.4 is 0 Å². The Kier molecular flexibility index (Phi) is 11.4. The fraction of sp³-hybridized carbons (Fsp3) is 1.00. The standard InChI is InChI=1S/C11H24O7S/c1-3-11(16-19(2,13)14)9-7-5-4-6-8-10-15-18-17-12/h11-12H,3-10H2,1-2H3. The molecule has 0 amide bonds. The highest BCUT2D eigenvalue weighted by Crippen LogP contribution is 2.13. The van der Waals surface area contributed by atoms with Crippen LogP contribution in [0.3, 0.4) is 0 Å². The molecule has 0 aromatic heterocycles. The molecular weight excluding hydrogens is 276 g/mol. The van der Waals surface area contributed by atoms with Gasteiger partial charge in [0.1, 0.15) is 0 Å². The van der Waals surface area contributed by atoms with Gasteiger partial charge >= 0.3 is 0 Å². The Morgan fingerprint density at radius 1 is 1.11 bits per heavy atom. The first kappa shape index (κ1) is 18.8. The largest absolute Gasteiger partial charge is 0.267 e. The highest BCUT2D eigenvalue weighted by molar-refractivity contribution is 7.86. The summed E-state index contributed by atoms with van der Waals surface area (Å²) in [7, 11) is -3.36. The number of hydrogen-bond acceptors (Lipinski definition) is 7. The summed E-state index contributed by atoms with van der Waals surface area (Å²) in [6, 6.07) is 0. The molecule has 0 aliphatic rings. The average Bonchev–Trinajstić information content (AvgIpc) is 2.34.